The van der Waals surface area contributed by atoms with Crippen LogP contribution >= 0.6 is 7.60 Å². The van der Waals surface area contributed by atoms with E-state index in [2.05, 4.69) is 42.5 Å². The van der Waals surface area contributed by atoms with Gasteiger partial charge in [0.2, 0.25) is 0 Å². The summed E-state index contributed by atoms with van der Waals surface area (Å²) in [7, 11) is -3.45. The molecular weight excluding hydrogens is 345 g/mol. The Morgan fingerprint density at radius 2 is 1.38 bits per heavy atom. The molecule has 26 heavy (non-hydrogen) atoms. The van der Waals surface area contributed by atoms with Gasteiger partial charge < -0.3 is 14.8 Å². The maximum atomic E-state index is 13.2. The van der Waals surface area contributed by atoms with Crippen LogP contribution in [0.3, 0.4) is 0 Å². The van der Waals surface area contributed by atoms with Gasteiger partial charge in [-0.15, -0.1) is 0 Å². The van der Waals surface area contributed by atoms with Crippen molar-refractivity contribution in [2.24, 2.45) is 5.73 Å². The summed E-state index contributed by atoms with van der Waals surface area (Å²) in [5.41, 5.74) is 7.22. The highest BCUT2D eigenvalue weighted by Gasteiger charge is 2.35. The van der Waals surface area contributed by atoms with E-state index in [1.165, 1.54) is 16.2 Å². The van der Waals surface area contributed by atoms with E-state index in [0.717, 1.165) is 21.7 Å². The molecule has 4 aromatic carbocycles. The zero-order valence-electron chi connectivity index (χ0n) is 14.9. The summed E-state index contributed by atoms with van der Waals surface area (Å²) in [5, 5.41) is 6.86. The minimum Gasteiger partial charge on any atom is -0.314 e. The van der Waals surface area contributed by atoms with Crippen molar-refractivity contribution in [2.45, 2.75) is 19.6 Å². The first kappa shape index (κ1) is 17.4. The van der Waals surface area contributed by atoms with Crippen molar-refractivity contribution in [1.82, 2.24) is 0 Å². The van der Waals surface area contributed by atoms with Crippen molar-refractivity contribution in [3.05, 3.63) is 60.2 Å². The highest BCUT2D eigenvalue weighted by molar-refractivity contribution is 7.54. The van der Waals surface area contributed by atoms with Gasteiger partial charge in [-0.3, -0.25) is 4.57 Å². The van der Waals surface area contributed by atoms with Crippen LogP contribution in [0, 0.1) is 0 Å². The monoisotopic (exact) mass is 367 g/mol. The first-order chi connectivity index (χ1) is 12.6. The van der Waals surface area contributed by atoms with Gasteiger partial charge >= 0.3 is 7.60 Å². The number of nitrogens with two attached hydrogens (primary N) is 1. The minimum atomic E-state index is -3.45. The van der Waals surface area contributed by atoms with Crippen LogP contribution in [0.4, 0.5) is 0 Å². The van der Waals surface area contributed by atoms with E-state index in [1.807, 2.05) is 12.1 Å². The van der Waals surface area contributed by atoms with Gasteiger partial charge in [-0.1, -0.05) is 54.6 Å². The fourth-order valence-corrected chi connectivity index (χ4v) is 5.43. The average molecular weight is 367 g/mol. The van der Waals surface area contributed by atoms with Gasteiger partial charge in [-0.2, -0.15) is 0 Å². The third-order valence-corrected chi connectivity index (χ3v) is 7.04. The highest BCUT2D eigenvalue weighted by Crippen LogP contribution is 2.59. The van der Waals surface area contributed by atoms with E-state index >= 15 is 0 Å². The standard InChI is InChI=1S/C21H22NO3P/c1-3-24-26(23,25-4-2)21(22)18-13-11-16-9-8-14-6-5-7-15-10-12-17(18)20(16)19(14)15/h5-13,21H,3-4,22H2,1-2H3/t21-/m0/s1. The molecule has 0 aromatic heterocycles. The first-order valence-corrected chi connectivity index (χ1v) is 10.5. The van der Waals surface area contributed by atoms with Gasteiger partial charge in [0, 0.05) is 0 Å². The SMILES string of the molecule is CCOP(=O)(OCC)[C@H](N)c1ccc2ccc3cccc4ccc1c2c34. The zero-order chi connectivity index (χ0) is 18.3. The predicted molar refractivity (Wildman–Crippen MR) is 108 cm³/mol. The van der Waals surface area contributed by atoms with Crippen LogP contribution in [-0.2, 0) is 13.6 Å². The molecule has 0 aliphatic carbocycles. The van der Waals surface area contributed by atoms with Gasteiger partial charge in [-0.25, -0.2) is 0 Å². The maximum absolute atomic E-state index is 13.2. The van der Waals surface area contributed by atoms with Crippen molar-refractivity contribution < 1.29 is 13.6 Å². The summed E-state index contributed by atoms with van der Waals surface area (Å²) in [6, 6.07) is 18.7. The average Bonchev–Trinajstić information content (AvgIpc) is 2.66. The third kappa shape index (κ3) is 2.62. The Morgan fingerprint density at radius 1 is 0.846 bits per heavy atom. The quantitative estimate of drug-likeness (QED) is 0.345. The zero-order valence-corrected chi connectivity index (χ0v) is 15.8. The molecule has 0 aliphatic rings. The third-order valence-electron chi connectivity index (χ3n) is 4.84. The Bertz CT molecular complexity index is 1100. The van der Waals surface area contributed by atoms with E-state index in [0.29, 0.717) is 0 Å². The molecule has 0 fully saturated rings. The van der Waals surface area contributed by atoms with E-state index in [1.54, 1.807) is 13.8 Å². The van der Waals surface area contributed by atoms with Crippen LogP contribution in [0.5, 0.6) is 0 Å². The van der Waals surface area contributed by atoms with E-state index in [4.69, 9.17) is 14.8 Å². The summed E-state index contributed by atoms with van der Waals surface area (Å²) < 4.78 is 24.2. The second kappa shape index (κ2) is 6.64. The molecule has 2 N–H and O–H groups in total. The molecule has 0 amide bonds. The van der Waals surface area contributed by atoms with Crippen LogP contribution in [-0.4, -0.2) is 13.2 Å². The predicted octanol–water partition coefficient (Wildman–Crippen LogP) is 5.81. The van der Waals surface area contributed by atoms with Crippen molar-refractivity contribution in [3.63, 3.8) is 0 Å². The lowest BCUT2D eigenvalue weighted by atomic mass is 9.92. The normalized spacial score (nSPS) is 13.8. The van der Waals surface area contributed by atoms with Gasteiger partial charge in [0.25, 0.3) is 0 Å². The van der Waals surface area contributed by atoms with Crippen molar-refractivity contribution in [2.75, 3.05) is 13.2 Å². The molecular formula is C21H22NO3P. The Morgan fingerprint density at radius 3 is 2.00 bits per heavy atom. The van der Waals surface area contributed by atoms with Crippen LogP contribution < -0.4 is 5.73 Å². The molecule has 0 saturated carbocycles. The van der Waals surface area contributed by atoms with Crippen molar-refractivity contribution >= 4 is 39.9 Å². The van der Waals surface area contributed by atoms with Gasteiger partial charge in [0.1, 0.15) is 5.78 Å². The van der Waals surface area contributed by atoms with Crippen molar-refractivity contribution in [3.8, 4) is 0 Å². The van der Waals surface area contributed by atoms with Gasteiger partial charge in [-0.05, 0) is 51.7 Å². The summed E-state index contributed by atoms with van der Waals surface area (Å²) in [5.74, 6) is -0.827. The molecule has 4 aromatic rings. The van der Waals surface area contributed by atoms with Gasteiger partial charge in [0.05, 0.1) is 13.2 Å². The van der Waals surface area contributed by atoms with Gasteiger partial charge in [0.15, 0.2) is 0 Å². The first-order valence-electron chi connectivity index (χ1n) is 8.90. The van der Waals surface area contributed by atoms with Crippen LogP contribution in [0.25, 0.3) is 32.3 Å². The Labute approximate surface area is 152 Å². The number of hydrogen-bond acceptors (Lipinski definition) is 4. The van der Waals surface area contributed by atoms with Crippen LogP contribution in [0.2, 0.25) is 0 Å². The molecule has 0 heterocycles. The lowest BCUT2D eigenvalue weighted by Gasteiger charge is -2.25. The largest absolute Gasteiger partial charge is 0.351 e. The summed E-state index contributed by atoms with van der Waals surface area (Å²) in [4.78, 5) is 0. The second-order valence-corrected chi connectivity index (χ2v) is 8.48. The molecule has 0 radical (unpaired) electrons. The maximum Gasteiger partial charge on any atom is 0.351 e. The van der Waals surface area contributed by atoms with Crippen LogP contribution in [0.1, 0.15) is 25.2 Å². The summed E-state index contributed by atoms with van der Waals surface area (Å²) in [6.07, 6.45) is 0. The van der Waals surface area contributed by atoms with E-state index in [9.17, 15) is 4.57 Å². The topological polar surface area (TPSA) is 61.5 Å². The number of rotatable bonds is 6. The smallest absolute Gasteiger partial charge is 0.314 e. The fourth-order valence-electron chi connectivity index (χ4n) is 3.74. The number of benzene rings is 4. The Kier molecular flexibility index (Phi) is 4.45. The van der Waals surface area contributed by atoms with Crippen LogP contribution in [0.15, 0.2) is 54.6 Å². The molecule has 0 spiro atoms. The van der Waals surface area contributed by atoms with Crippen molar-refractivity contribution in [1.29, 1.82) is 0 Å². The molecule has 4 nitrogen and oxygen atoms in total. The highest BCUT2D eigenvalue weighted by atomic mass is 31.2. The number of hydrogen-bond donors (Lipinski definition) is 1. The Hall–Kier alpha value is -1.97. The second-order valence-electron chi connectivity index (χ2n) is 6.33. The molecule has 5 heteroatoms. The molecule has 0 unspecified atom stereocenters. The Balaban J connectivity index is 2.00. The minimum absolute atomic E-state index is 0.289. The molecule has 1 atom stereocenters. The van der Waals surface area contributed by atoms with E-state index in [-0.39, 0.29) is 13.2 Å². The molecule has 0 saturated heterocycles. The molecule has 0 bridgehead atoms. The molecule has 134 valence electrons. The van der Waals surface area contributed by atoms with E-state index < -0.39 is 13.4 Å². The lowest BCUT2D eigenvalue weighted by molar-refractivity contribution is 0.212. The summed E-state index contributed by atoms with van der Waals surface area (Å²) in [6.45, 7) is 4.17. The molecule has 0 aliphatic heterocycles. The summed E-state index contributed by atoms with van der Waals surface area (Å²) >= 11 is 0. The lowest BCUT2D eigenvalue weighted by Crippen LogP contribution is -2.15. The molecule has 4 rings (SSSR count). The fraction of sp³-hybridized carbons (Fsp3) is 0.238.